The Kier molecular flexibility index (Phi) is 4.45. The molecule has 1 amide bonds. The van der Waals surface area contributed by atoms with Gasteiger partial charge in [0.15, 0.2) is 0 Å². The molecule has 0 spiro atoms. The third kappa shape index (κ3) is 3.48. The molecular formula is C19H19N5O2. The molecule has 0 saturated carbocycles. The minimum atomic E-state index is -0.356. The van der Waals surface area contributed by atoms with Crippen molar-refractivity contribution in [3.63, 3.8) is 0 Å². The summed E-state index contributed by atoms with van der Waals surface area (Å²) in [5.74, 6) is 0.775. The highest BCUT2D eigenvalue weighted by atomic mass is 16.5. The summed E-state index contributed by atoms with van der Waals surface area (Å²) in [7, 11) is 0. The molecule has 132 valence electrons. The maximum atomic E-state index is 12.4. The van der Waals surface area contributed by atoms with Gasteiger partial charge in [-0.3, -0.25) is 14.7 Å². The van der Waals surface area contributed by atoms with Crippen LogP contribution in [0.25, 0.3) is 11.4 Å². The highest BCUT2D eigenvalue weighted by molar-refractivity contribution is 5.78. The second-order valence-electron chi connectivity index (χ2n) is 6.40. The molecule has 0 radical (unpaired) electrons. The Morgan fingerprint density at radius 3 is 2.69 bits per heavy atom. The quantitative estimate of drug-likeness (QED) is 0.761. The fourth-order valence-electron chi connectivity index (χ4n) is 3.09. The summed E-state index contributed by atoms with van der Waals surface area (Å²) in [6.07, 6.45) is 3.35. The van der Waals surface area contributed by atoms with E-state index in [4.69, 9.17) is 4.52 Å². The van der Waals surface area contributed by atoms with Crippen molar-refractivity contribution in [3.8, 4) is 11.4 Å². The van der Waals surface area contributed by atoms with E-state index in [2.05, 4.69) is 37.5 Å². The Morgan fingerprint density at radius 2 is 2.00 bits per heavy atom. The molecule has 1 aliphatic rings. The summed E-state index contributed by atoms with van der Waals surface area (Å²) in [6, 6.07) is 11.6. The highest BCUT2D eigenvalue weighted by Crippen LogP contribution is 2.22. The number of aromatic nitrogens is 3. The van der Waals surface area contributed by atoms with Crippen molar-refractivity contribution in [2.45, 2.75) is 26.1 Å². The molecule has 1 aliphatic heterocycles. The number of hydrogen-bond acceptors (Lipinski definition) is 6. The van der Waals surface area contributed by atoms with Gasteiger partial charge in [0.2, 0.25) is 17.6 Å². The zero-order valence-electron chi connectivity index (χ0n) is 14.4. The first-order valence-electron chi connectivity index (χ1n) is 8.51. The van der Waals surface area contributed by atoms with Crippen molar-refractivity contribution in [1.82, 2.24) is 25.3 Å². The first-order chi connectivity index (χ1) is 12.7. The highest BCUT2D eigenvalue weighted by Gasteiger charge is 2.22. The zero-order valence-corrected chi connectivity index (χ0v) is 14.4. The molecule has 1 aromatic carbocycles. The summed E-state index contributed by atoms with van der Waals surface area (Å²) in [6.45, 7) is 3.76. The second-order valence-corrected chi connectivity index (χ2v) is 6.40. The Bertz CT molecular complexity index is 884. The van der Waals surface area contributed by atoms with E-state index < -0.39 is 0 Å². The van der Waals surface area contributed by atoms with Gasteiger partial charge in [0, 0.05) is 31.0 Å². The van der Waals surface area contributed by atoms with Gasteiger partial charge in [-0.1, -0.05) is 29.4 Å². The van der Waals surface area contributed by atoms with Gasteiger partial charge in [0.1, 0.15) is 6.04 Å². The van der Waals surface area contributed by atoms with Crippen molar-refractivity contribution in [2.75, 3.05) is 6.54 Å². The largest absolute Gasteiger partial charge is 0.343 e. The molecule has 3 heterocycles. The molecule has 1 atom stereocenters. The zero-order chi connectivity index (χ0) is 17.9. The average molecular weight is 349 g/mol. The standard InChI is InChI=1S/C19H19N5O2/c1-13(19-22-18(23-26-19)14-7-4-8-20-9-14)21-17(25)12-24-10-15-5-2-3-6-16(15)11-24/h2-9,13H,10-12H2,1H3,(H,21,25). The molecule has 0 bridgehead atoms. The van der Waals surface area contributed by atoms with Gasteiger partial charge >= 0.3 is 0 Å². The van der Waals surface area contributed by atoms with Crippen LogP contribution in [0.15, 0.2) is 53.3 Å². The molecule has 4 rings (SSSR count). The lowest BCUT2D eigenvalue weighted by Gasteiger charge is -2.16. The van der Waals surface area contributed by atoms with Crippen molar-refractivity contribution in [2.24, 2.45) is 0 Å². The van der Waals surface area contributed by atoms with Crippen molar-refractivity contribution < 1.29 is 9.32 Å². The minimum absolute atomic E-state index is 0.0635. The monoisotopic (exact) mass is 349 g/mol. The first-order valence-corrected chi connectivity index (χ1v) is 8.51. The normalized spacial score (nSPS) is 14.8. The maximum Gasteiger partial charge on any atom is 0.249 e. The fraction of sp³-hybridized carbons (Fsp3) is 0.263. The van der Waals surface area contributed by atoms with E-state index >= 15 is 0 Å². The number of rotatable bonds is 5. The molecule has 0 saturated heterocycles. The minimum Gasteiger partial charge on any atom is -0.343 e. The lowest BCUT2D eigenvalue weighted by atomic mass is 10.1. The Morgan fingerprint density at radius 1 is 1.23 bits per heavy atom. The first kappa shape index (κ1) is 16.4. The summed E-state index contributed by atoms with van der Waals surface area (Å²) >= 11 is 0. The van der Waals surface area contributed by atoms with E-state index in [-0.39, 0.29) is 11.9 Å². The van der Waals surface area contributed by atoms with E-state index in [9.17, 15) is 4.79 Å². The average Bonchev–Trinajstić information content (AvgIpc) is 3.29. The van der Waals surface area contributed by atoms with E-state index in [0.717, 1.165) is 18.7 Å². The smallest absolute Gasteiger partial charge is 0.249 e. The maximum absolute atomic E-state index is 12.4. The number of amides is 1. The number of carbonyl (C=O) groups is 1. The van der Waals surface area contributed by atoms with Crippen molar-refractivity contribution in [1.29, 1.82) is 0 Å². The number of nitrogens with zero attached hydrogens (tertiary/aromatic N) is 4. The Hall–Kier alpha value is -3.06. The number of hydrogen-bond donors (Lipinski definition) is 1. The van der Waals surface area contributed by atoms with Crippen LogP contribution in [-0.4, -0.2) is 32.5 Å². The van der Waals surface area contributed by atoms with Crippen LogP contribution in [0.2, 0.25) is 0 Å². The predicted octanol–water partition coefficient (Wildman–Crippen LogP) is 2.32. The van der Waals surface area contributed by atoms with E-state index in [1.54, 1.807) is 12.4 Å². The molecule has 7 nitrogen and oxygen atoms in total. The van der Waals surface area contributed by atoms with Gasteiger partial charge in [0.25, 0.3) is 0 Å². The van der Waals surface area contributed by atoms with Crippen LogP contribution in [0, 0.1) is 0 Å². The van der Waals surface area contributed by atoms with Crippen LogP contribution in [-0.2, 0) is 17.9 Å². The summed E-state index contributed by atoms with van der Waals surface area (Å²) < 4.78 is 5.29. The van der Waals surface area contributed by atoms with Gasteiger partial charge in [-0.2, -0.15) is 4.98 Å². The van der Waals surface area contributed by atoms with Gasteiger partial charge in [0.05, 0.1) is 6.54 Å². The van der Waals surface area contributed by atoms with E-state index in [0.29, 0.717) is 18.3 Å². The number of fused-ring (bicyclic) bond motifs is 1. The van der Waals surface area contributed by atoms with Crippen LogP contribution >= 0.6 is 0 Å². The van der Waals surface area contributed by atoms with E-state index in [1.165, 1.54) is 11.1 Å². The van der Waals surface area contributed by atoms with E-state index in [1.807, 2.05) is 31.2 Å². The molecule has 3 aromatic rings. The lowest BCUT2D eigenvalue weighted by Crippen LogP contribution is -2.36. The summed E-state index contributed by atoms with van der Waals surface area (Å²) in [4.78, 5) is 22.9. The van der Waals surface area contributed by atoms with Crippen LogP contribution in [0.4, 0.5) is 0 Å². The number of pyridine rings is 1. The number of carbonyl (C=O) groups excluding carboxylic acids is 1. The molecule has 1 unspecified atom stereocenters. The van der Waals surface area contributed by atoms with Gasteiger partial charge in [-0.15, -0.1) is 0 Å². The molecular weight excluding hydrogens is 330 g/mol. The number of benzene rings is 1. The number of nitrogens with one attached hydrogen (secondary N) is 1. The molecule has 26 heavy (non-hydrogen) atoms. The molecule has 1 N–H and O–H groups in total. The predicted molar refractivity (Wildman–Crippen MR) is 94.6 cm³/mol. The van der Waals surface area contributed by atoms with Crippen molar-refractivity contribution in [3.05, 3.63) is 65.8 Å². The lowest BCUT2D eigenvalue weighted by molar-refractivity contribution is -0.123. The third-order valence-corrected chi connectivity index (χ3v) is 4.38. The SMILES string of the molecule is CC(NC(=O)CN1Cc2ccccc2C1)c1nc(-c2cccnc2)no1. The van der Waals surface area contributed by atoms with Crippen LogP contribution < -0.4 is 5.32 Å². The second kappa shape index (κ2) is 7.05. The third-order valence-electron chi connectivity index (χ3n) is 4.38. The van der Waals surface area contributed by atoms with Crippen LogP contribution in [0.5, 0.6) is 0 Å². The molecule has 0 fully saturated rings. The van der Waals surface area contributed by atoms with Crippen LogP contribution in [0.1, 0.15) is 30.0 Å². The molecule has 0 aliphatic carbocycles. The molecule has 7 heteroatoms. The topological polar surface area (TPSA) is 84.2 Å². The summed E-state index contributed by atoms with van der Waals surface area (Å²) in [5.41, 5.74) is 3.34. The van der Waals surface area contributed by atoms with Gasteiger partial charge < -0.3 is 9.84 Å². The van der Waals surface area contributed by atoms with Gasteiger partial charge in [-0.05, 0) is 30.2 Å². The fourth-order valence-corrected chi connectivity index (χ4v) is 3.09. The van der Waals surface area contributed by atoms with Crippen molar-refractivity contribution >= 4 is 5.91 Å². The Labute approximate surface area is 151 Å². The summed E-state index contributed by atoms with van der Waals surface area (Å²) in [5, 5.41) is 6.88. The molecule has 2 aromatic heterocycles. The van der Waals surface area contributed by atoms with Crippen LogP contribution in [0.3, 0.4) is 0 Å². The van der Waals surface area contributed by atoms with Gasteiger partial charge in [-0.25, -0.2) is 0 Å². The Balaban J connectivity index is 1.34.